The summed E-state index contributed by atoms with van der Waals surface area (Å²) in [6.07, 6.45) is 0.531. The van der Waals surface area contributed by atoms with Crippen molar-refractivity contribution in [2.45, 2.75) is 34.1 Å². The number of aliphatic hydroxyl groups is 1. The highest BCUT2D eigenvalue weighted by molar-refractivity contribution is 5.94. The Morgan fingerprint density at radius 2 is 1.28 bits per heavy atom. The Hall–Kier alpha value is -2.70. The van der Waals surface area contributed by atoms with Gasteiger partial charge in [0.05, 0.1) is 6.54 Å². The quantitative estimate of drug-likeness (QED) is 0.520. The molecule has 0 atom stereocenters. The van der Waals surface area contributed by atoms with Crippen LogP contribution >= 0.6 is 0 Å². The van der Waals surface area contributed by atoms with Gasteiger partial charge in [0, 0.05) is 24.4 Å². The Balaban J connectivity index is 1.98. The van der Waals surface area contributed by atoms with Gasteiger partial charge in [-0.15, -0.1) is 0 Å². The third-order valence-corrected chi connectivity index (χ3v) is 4.82. The predicted molar refractivity (Wildman–Crippen MR) is 116 cm³/mol. The van der Waals surface area contributed by atoms with E-state index in [0.717, 1.165) is 38.5 Å². The van der Waals surface area contributed by atoms with Crippen molar-refractivity contribution in [1.29, 1.82) is 0 Å². The molecule has 0 spiro atoms. The topological polar surface area (TPSA) is 82.9 Å². The van der Waals surface area contributed by atoms with Crippen LogP contribution in [-0.4, -0.2) is 43.2 Å². The summed E-state index contributed by atoms with van der Waals surface area (Å²) in [5.74, 6) is -0.298. The Bertz CT molecular complexity index is 797. The van der Waals surface area contributed by atoms with E-state index >= 15 is 0 Å². The first-order chi connectivity index (χ1) is 13.8. The summed E-state index contributed by atoms with van der Waals surface area (Å²) in [6, 6.07) is 11.7. The molecule has 4 N–H and O–H groups in total. The van der Waals surface area contributed by atoms with Crippen LogP contribution < -0.4 is 15.5 Å². The molecule has 6 nitrogen and oxygen atoms in total. The van der Waals surface area contributed by atoms with Gasteiger partial charge in [0.2, 0.25) is 0 Å². The molecular weight excluding hydrogens is 366 g/mol. The zero-order valence-corrected chi connectivity index (χ0v) is 17.8. The molecule has 0 aliphatic heterocycles. The number of carbonyl (C=O) groups is 2. The molecule has 0 saturated heterocycles. The lowest BCUT2D eigenvalue weighted by Crippen LogP contribution is -3.14. The van der Waals surface area contributed by atoms with Crippen LogP contribution in [0.1, 0.15) is 28.7 Å². The number of amides is 2. The van der Waals surface area contributed by atoms with Crippen LogP contribution in [0.5, 0.6) is 0 Å². The molecule has 0 saturated carbocycles. The van der Waals surface area contributed by atoms with E-state index in [4.69, 9.17) is 5.11 Å². The number of benzene rings is 2. The number of anilines is 2. The van der Waals surface area contributed by atoms with Gasteiger partial charge in [0.15, 0.2) is 13.1 Å². The van der Waals surface area contributed by atoms with Crippen molar-refractivity contribution in [3.63, 3.8) is 0 Å². The fourth-order valence-electron chi connectivity index (χ4n) is 3.32. The van der Waals surface area contributed by atoms with E-state index in [-0.39, 0.29) is 31.5 Å². The lowest BCUT2D eigenvalue weighted by Gasteiger charge is -2.19. The summed E-state index contributed by atoms with van der Waals surface area (Å²) < 4.78 is 0. The zero-order chi connectivity index (χ0) is 21.4. The molecule has 29 heavy (non-hydrogen) atoms. The van der Waals surface area contributed by atoms with Gasteiger partial charge in [-0.05, 0) is 51.0 Å². The highest BCUT2D eigenvalue weighted by Crippen LogP contribution is 2.16. The highest BCUT2D eigenvalue weighted by atomic mass is 16.3. The minimum absolute atomic E-state index is 0.0286. The normalized spacial score (nSPS) is 10.8. The number of quaternary nitrogens is 1. The summed E-state index contributed by atoms with van der Waals surface area (Å²) in [7, 11) is 0. The number of hydrogen-bond acceptors (Lipinski definition) is 3. The second kappa shape index (κ2) is 10.7. The van der Waals surface area contributed by atoms with Crippen LogP contribution in [-0.2, 0) is 9.59 Å². The molecule has 6 heteroatoms. The molecule has 0 heterocycles. The molecule has 2 aromatic rings. The van der Waals surface area contributed by atoms with Crippen LogP contribution in [0.2, 0.25) is 0 Å². The van der Waals surface area contributed by atoms with Crippen LogP contribution in [0.15, 0.2) is 36.4 Å². The van der Waals surface area contributed by atoms with Crippen molar-refractivity contribution in [3.05, 3.63) is 58.7 Å². The van der Waals surface area contributed by atoms with Gasteiger partial charge in [0.1, 0.15) is 0 Å². The summed E-state index contributed by atoms with van der Waals surface area (Å²) in [5, 5.41) is 15.0. The van der Waals surface area contributed by atoms with Crippen LogP contribution in [0.3, 0.4) is 0 Å². The van der Waals surface area contributed by atoms with Crippen molar-refractivity contribution in [3.8, 4) is 0 Å². The van der Waals surface area contributed by atoms with Crippen molar-refractivity contribution in [1.82, 2.24) is 0 Å². The van der Waals surface area contributed by atoms with Crippen molar-refractivity contribution >= 4 is 23.2 Å². The number of aryl methyl sites for hydroxylation is 4. The van der Waals surface area contributed by atoms with Gasteiger partial charge in [0.25, 0.3) is 11.8 Å². The molecule has 0 bridgehead atoms. The number of nitrogens with one attached hydrogen (secondary N) is 3. The average molecular weight is 399 g/mol. The monoisotopic (exact) mass is 398 g/mol. The standard InChI is InChI=1S/C23H31N3O3/c1-16-6-8-20(18(3)12-16)24-22(28)14-26(10-5-11-27)15-23(29)25-21-9-7-17(2)13-19(21)4/h6-9,12-13,27H,5,10-11,14-15H2,1-4H3,(H,24,28)(H,25,29)/p+1. The minimum atomic E-state index is -0.149. The van der Waals surface area contributed by atoms with E-state index in [0.29, 0.717) is 13.0 Å². The molecule has 0 radical (unpaired) electrons. The maximum atomic E-state index is 12.5. The third-order valence-electron chi connectivity index (χ3n) is 4.82. The van der Waals surface area contributed by atoms with E-state index in [1.54, 1.807) is 0 Å². The molecule has 0 aliphatic carbocycles. The smallest absolute Gasteiger partial charge is 0.279 e. The van der Waals surface area contributed by atoms with E-state index < -0.39 is 0 Å². The number of carbonyl (C=O) groups excluding carboxylic acids is 2. The molecule has 2 aromatic carbocycles. The number of aliphatic hydroxyl groups excluding tert-OH is 1. The molecule has 156 valence electrons. The van der Waals surface area contributed by atoms with Gasteiger partial charge in [-0.2, -0.15) is 0 Å². The second-order valence-corrected chi connectivity index (χ2v) is 7.66. The predicted octanol–water partition coefficient (Wildman–Crippen LogP) is 1.76. The first kappa shape index (κ1) is 22.6. The van der Waals surface area contributed by atoms with E-state index in [2.05, 4.69) is 10.6 Å². The molecule has 0 aromatic heterocycles. The van der Waals surface area contributed by atoms with Gasteiger partial charge >= 0.3 is 0 Å². The summed E-state index contributed by atoms with van der Waals surface area (Å²) in [6.45, 7) is 8.81. The van der Waals surface area contributed by atoms with Gasteiger partial charge in [-0.25, -0.2) is 0 Å². The van der Waals surface area contributed by atoms with Gasteiger partial charge in [-0.1, -0.05) is 35.4 Å². The lowest BCUT2D eigenvalue weighted by atomic mass is 10.1. The Kier molecular flexibility index (Phi) is 8.36. The van der Waals surface area contributed by atoms with Crippen LogP contribution in [0.4, 0.5) is 11.4 Å². The SMILES string of the molecule is Cc1ccc(NC(=O)C[NH+](CCCO)CC(=O)Nc2ccc(C)cc2C)c(C)c1. The van der Waals surface area contributed by atoms with Crippen LogP contribution in [0.25, 0.3) is 0 Å². The first-order valence-electron chi connectivity index (χ1n) is 9.97. The minimum Gasteiger partial charge on any atom is -0.396 e. The second-order valence-electron chi connectivity index (χ2n) is 7.66. The average Bonchev–Trinajstić information content (AvgIpc) is 2.64. The number of rotatable bonds is 9. The fourth-order valence-corrected chi connectivity index (χ4v) is 3.32. The maximum Gasteiger partial charge on any atom is 0.279 e. The number of hydrogen-bond donors (Lipinski definition) is 4. The van der Waals surface area contributed by atoms with Gasteiger partial charge in [-0.3, -0.25) is 9.59 Å². The molecule has 2 amide bonds. The highest BCUT2D eigenvalue weighted by Gasteiger charge is 2.19. The van der Waals surface area contributed by atoms with E-state index in [1.807, 2.05) is 64.1 Å². The summed E-state index contributed by atoms with van der Waals surface area (Å²) >= 11 is 0. The van der Waals surface area contributed by atoms with Crippen molar-refractivity contribution < 1.29 is 19.6 Å². The summed E-state index contributed by atoms with van der Waals surface area (Å²) in [5.41, 5.74) is 5.84. The maximum absolute atomic E-state index is 12.5. The zero-order valence-electron chi connectivity index (χ0n) is 17.8. The Labute approximate surface area is 172 Å². The molecule has 0 fully saturated rings. The lowest BCUT2D eigenvalue weighted by molar-refractivity contribution is -0.883. The van der Waals surface area contributed by atoms with E-state index in [1.165, 1.54) is 0 Å². The molecule has 0 unspecified atom stereocenters. The third kappa shape index (κ3) is 7.33. The summed E-state index contributed by atoms with van der Waals surface area (Å²) in [4.78, 5) is 25.9. The largest absolute Gasteiger partial charge is 0.396 e. The molecule has 0 aliphatic rings. The van der Waals surface area contributed by atoms with Gasteiger partial charge < -0.3 is 20.6 Å². The van der Waals surface area contributed by atoms with Crippen LogP contribution in [0, 0.1) is 27.7 Å². The Morgan fingerprint density at radius 3 is 1.66 bits per heavy atom. The fraction of sp³-hybridized carbons (Fsp3) is 0.391. The molecule has 2 rings (SSSR count). The van der Waals surface area contributed by atoms with E-state index in [9.17, 15) is 9.59 Å². The van der Waals surface area contributed by atoms with Crippen molar-refractivity contribution in [2.75, 3.05) is 36.9 Å². The molecular formula is C23H32N3O3+. The van der Waals surface area contributed by atoms with Crippen molar-refractivity contribution in [2.24, 2.45) is 0 Å². The Morgan fingerprint density at radius 1 is 0.828 bits per heavy atom. The first-order valence-corrected chi connectivity index (χ1v) is 9.97.